The number of H-pyrrole nitrogens is 1. The van der Waals surface area contributed by atoms with Crippen LogP contribution in [0.1, 0.15) is 10.4 Å². The molecule has 1 amide bonds. The number of amides is 1. The average molecular weight is 316 g/mol. The molecule has 0 aliphatic carbocycles. The number of halogens is 1. The summed E-state index contributed by atoms with van der Waals surface area (Å²) in [5, 5.41) is 4.27. The van der Waals surface area contributed by atoms with Crippen LogP contribution < -0.4 is 10.1 Å². The van der Waals surface area contributed by atoms with Gasteiger partial charge in [-0.3, -0.25) is 4.79 Å². The SMILES string of the molecule is O=C(NCCOc1ncccc1Cl)c1cccc2cc[nH]c12. The molecule has 112 valence electrons. The molecule has 0 saturated heterocycles. The zero-order chi connectivity index (χ0) is 15.4. The number of aromatic amines is 1. The Morgan fingerprint density at radius 2 is 2.18 bits per heavy atom. The fourth-order valence-corrected chi connectivity index (χ4v) is 2.34. The van der Waals surface area contributed by atoms with E-state index in [4.69, 9.17) is 16.3 Å². The van der Waals surface area contributed by atoms with Crippen LogP contribution in [0.5, 0.6) is 5.88 Å². The van der Waals surface area contributed by atoms with Crippen LogP contribution in [-0.2, 0) is 0 Å². The Bertz CT molecular complexity index is 801. The van der Waals surface area contributed by atoms with Crippen LogP contribution in [-0.4, -0.2) is 29.0 Å². The lowest BCUT2D eigenvalue weighted by Gasteiger charge is -2.08. The van der Waals surface area contributed by atoms with Crippen molar-refractivity contribution in [3.05, 3.63) is 59.4 Å². The third kappa shape index (κ3) is 3.04. The number of nitrogens with zero attached hydrogens (tertiary/aromatic N) is 1. The van der Waals surface area contributed by atoms with Crippen LogP contribution in [0, 0.1) is 0 Å². The van der Waals surface area contributed by atoms with Crippen LogP contribution in [0.2, 0.25) is 5.02 Å². The summed E-state index contributed by atoms with van der Waals surface area (Å²) in [7, 11) is 0. The van der Waals surface area contributed by atoms with Crippen molar-refractivity contribution in [1.82, 2.24) is 15.3 Å². The number of hydrogen-bond donors (Lipinski definition) is 2. The normalized spacial score (nSPS) is 10.6. The molecule has 0 fully saturated rings. The monoisotopic (exact) mass is 315 g/mol. The predicted octanol–water partition coefficient (Wildman–Crippen LogP) is 3.03. The van der Waals surface area contributed by atoms with Crippen molar-refractivity contribution in [3.63, 3.8) is 0 Å². The summed E-state index contributed by atoms with van der Waals surface area (Å²) < 4.78 is 5.43. The van der Waals surface area contributed by atoms with Gasteiger partial charge in [-0.2, -0.15) is 0 Å². The lowest BCUT2D eigenvalue weighted by molar-refractivity contribution is 0.0948. The second-order valence-corrected chi connectivity index (χ2v) is 5.05. The van der Waals surface area contributed by atoms with E-state index in [-0.39, 0.29) is 5.91 Å². The number of carbonyl (C=O) groups is 1. The fourth-order valence-electron chi connectivity index (χ4n) is 2.16. The Morgan fingerprint density at radius 1 is 1.27 bits per heavy atom. The summed E-state index contributed by atoms with van der Waals surface area (Å²) in [5.74, 6) is 0.216. The molecule has 0 aliphatic heterocycles. The highest BCUT2D eigenvalue weighted by atomic mass is 35.5. The molecule has 2 N–H and O–H groups in total. The first kappa shape index (κ1) is 14.4. The minimum atomic E-state index is -0.149. The largest absolute Gasteiger partial charge is 0.475 e. The van der Waals surface area contributed by atoms with Crippen LogP contribution in [0.4, 0.5) is 0 Å². The number of fused-ring (bicyclic) bond motifs is 1. The minimum Gasteiger partial charge on any atom is -0.475 e. The Kier molecular flexibility index (Phi) is 4.25. The lowest BCUT2D eigenvalue weighted by atomic mass is 10.1. The molecule has 0 atom stereocenters. The van der Waals surface area contributed by atoms with Gasteiger partial charge in [0.2, 0.25) is 5.88 Å². The number of rotatable bonds is 5. The van der Waals surface area contributed by atoms with Gasteiger partial charge in [-0.25, -0.2) is 4.98 Å². The maximum atomic E-state index is 12.2. The number of para-hydroxylation sites is 1. The van der Waals surface area contributed by atoms with Crippen molar-refractivity contribution in [1.29, 1.82) is 0 Å². The average Bonchev–Trinajstić information content (AvgIpc) is 3.01. The van der Waals surface area contributed by atoms with E-state index in [1.165, 1.54) is 0 Å². The summed E-state index contributed by atoms with van der Waals surface area (Å²) in [6, 6.07) is 11.0. The Balaban J connectivity index is 1.57. The Morgan fingerprint density at radius 3 is 3.05 bits per heavy atom. The first-order valence-corrected chi connectivity index (χ1v) is 7.21. The van der Waals surface area contributed by atoms with Crippen LogP contribution >= 0.6 is 11.6 Å². The molecule has 0 spiro atoms. The van der Waals surface area contributed by atoms with Gasteiger partial charge in [-0.1, -0.05) is 23.7 Å². The molecule has 0 aliphatic rings. The summed E-state index contributed by atoms with van der Waals surface area (Å²) in [6.07, 6.45) is 3.42. The number of aromatic nitrogens is 2. The molecule has 3 aromatic rings. The minimum absolute atomic E-state index is 0.149. The van der Waals surface area contributed by atoms with Crippen molar-refractivity contribution >= 4 is 28.4 Å². The van der Waals surface area contributed by atoms with Crippen LogP contribution in [0.3, 0.4) is 0 Å². The van der Waals surface area contributed by atoms with Crippen molar-refractivity contribution in [2.45, 2.75) is 0 Å². The lowest BCUT2D eigenvalue weighted by Crippen LogP contribution is -2.28. The number of pyridine rings is 1. The van der Waals surface area contributed by atoms with Gasteiger partial charge in [0.25, 0.3) is 5.91 Å². The highest BCUT2D eigenvalue weighted by Gasteiger charge is 2.10. The van der Waals surface area contributed by atoms with Crippen molar-refractivity contribution in [3.8, 4) is 5.88 Å². The van der Waals surface area contributed by atoms with Gasteiger partial charge in [0.15, 0.2) is 0 Å². The molecule has 3 rings (SSSR count). The Labute approximate surface area is 132 Å². The maximum absolute atomic E-state index is 12.2. The van der Waals surface area contributed by atoms with E-state index in [1.807, 2.05) is 24.4 Å². The zero-order valence-corrected chi connectivity index (χ0v) is 12.4. The summed E-state index contributed by atoms with van der Waals surface area (Å²) >= 11 is 5.94. The number of nitrogens with one attached hydrogen (secondary N) is 2. The molecule has 6 heteroatoms. The van der Waals surface area contributed by atoms with Gasteiger partial charge in [0.05, 0.1) is 17.6 Å². The van der Waals surface area contributed by atoms with Gasteiger partial charge < -0.3 is 15.0 Å². The van der Waals surface area contributed by atoms with Crippen molar-refractivity contribution in [2.75, 3.05) is 13.2 Å². The van der Waals surface area contributed by atoms with Gasteiger partial charge in [-0.15, -0.1) is 0 Å². The van der Waals surface area contributed by atoms with E-state index in [9.17, 15) is 4.79 Å². The summed E-state index contributed by atoms with van der Waals surface area (Å²) in [4.78, 5) is 19.3. The highest BCUT2D eigenvalue weighted by molar-refractivity contribution is 6.31. The molecule has 0 radical (unpaired) electrons. The van der Waals surface area contributed by atoms with Gasteiger partial charge in [0, 0.05) is 17.8 Å². The number of carbonyl (C=O) groups excluding carboxylic acids is 1. The molecular weight excluding hydrogens is 302 g/mol. The quantitative estimate of drug-likeness (QED) is 0.711. The topological polar surface area (TPSA) is 67.0 Å². The molecule has 5 nitrogen and oxygen atoms in total. The van der Waals surface area contributed by atoms with Gasteiger partial charge in [0.1, 0.15) is 11.6 Å². The molecule has 0 bridgehead atoms. The van der Waals surface area contributed by atoms with Crippen molar-refractivity contribution in [2.24, 2.45) is 0 Å². The van der Waals surface area contributed by atoms with Gasteiger partial charge >= 0.3 is 0 Å². The first-order valence-electron chi connectivity index (χ1n) is 6.83. The summed E-state index contributed by atoms with van der Waals surface area (Å²) in [6.45, 7) is 0.659. The molecule has 1 aromatic carbocycles. The maximum Gasteiger partial charge on any atom is 0.253 e. The van der Waals surface area contributed by atoms with E-state index in [0.717, 1.165) is 10.9 Å². The van der Waals surface area contributed by atoms with E-state index in [1.54, 1.807) is 24.4 Å². The summed E-state index contributed by atoms with van der Waals surface area (Å²) in [5.41, 5.74) is 1.44. The molecule has 2 heterocycles. The molecule has 2 aromatic heterocycles. The first-order chi connectivity index (χ1) is 10.8. The number of hydrogen-bond acceptors (Lipinski definition) is 3. The van der Waals surface area contributed by atoms with Gasteiger partial charge in [-0.05, 0) is 24.3 Å². The molecular formula is C16H14ClN3O2. The third-order valence-corrected chi connectivity index (χ3v) is 3.47. The number of ether oxygens (including phenoxy) is 1. The second-order valence-electron chi connectivity index (χ2n) is 4.64. The molecule has 0 unspecified atom stereocenters. The molecule has 0 saturated carbocycles. The third-order valence-electron chi connectivity index (χ3n) is 3.18. The Hall–Kier alpha value is -2.53. The number of benzene rings is 1. The zero-order valence-electron chi connectivity index (χ0n) is 11.7. The van der Waals surface area contributed by atoms with E-state index >= 15 is 0 Å². The second kappa shape index (κ2) is 6.49. The standard InChI is InChI=1S/C16H14ClN3O2/c17-13-5-2-7-20-16(13)22-10-9-19-15(21)12-4-1-3-11-6-8-18-14(11)12/h1-8,18H,9-10H2,(H,19,21). The highest BCUT2D eigenvalue weighted by Crippen LogP contribution is 2.19. The fraction of sp³-hybridized carbons (Fsp3) is 0.125. The van der Waals surface area contributed by atoms with E-state index in [0.29, 0.717) is 29.6 Å². The van der Waals surface area contributed by atoms with Crippen LogP contribution in [0.25, 0.3) is 10.9 Å². The van der Waals surface area contributed by atoms with Crippen LogP contribution in [0.15, 0.2) is 48.8 Å². The molecule has 22 heavy (non-hydrogen) atoms. The van der Waals surface area contributed by atoms with E-state index in [2.05, 4.69) is 15.3 Å². The smallest absolute Gasteiger partial charge is 0.253 e. The predicted molar refractivity (Wildman–Crippen MR) is 85.4 cm³/mol. The van der Waals surface area contributed by atoms with E-state index < -0.39 is 0 Å². The van der Waals surface area contributed by atoms with Crippen molar-refractivity contribution < 1.29 is 9.53 Å².